The molecule has 0 radical (unpaired) electrons. The van der Waals surface area contributed by atoms with Gasteiger partial charge in [-0.2, -0.15) is 0 Å². The van der Waals surface area contributed by atoms with Crippen LogP contribution >= 0.6 is 0 Å². The second-order valence-electron chi connectivity index (χ2n) is 7.94. The van der Waals surface area contributed by atoms with Crippen LogP contribution in [0.15, 0.2) is 54.6 Å². The minimum absolute atomic E-state index is 0.100. The van der Waals surface area contributed by atoms with Gasteiger partial charge in [-0.1, -0.05) is 42.5 Å². The lowest BCUT2D eigenvalue weighted by molar-refractivity contribution is -0.131. The Kier molecular flexibility index (Phi) is 7.20. The summed E-state index contributed by atoms with van der Waals surface area (Å²) in [5.41, 5.74) is 1.56. The van der Waals surface area contributed by atoms with Crippen molar-refractivity contribution in [1.82, 2.24) is 9.80 Å². The topological polar surface area (TPSA) is 79.4 Å². The van der Waals surface area contributed by atoms with Crippen molar-refractivity contribution in [2.45, 2.75) is 6.92 Å². The lowest BCUT2D eigenvalue weighted by atomic mass is 10.2. The molecule has 2 aliphatic heterocycles. The predicted octanol–water partition coefficient (Wildman–Crippen LogP) is 2.43. The van der Waals surface area contributed by atoms with Gasteiger partial charge in [-0.05, 0) is 24.6 Å². The molecule has 0 aromatic heterocycles. The lowest BCUT2D eigenvalue weighted by Crippen LogP contribution is -2.52. The van der Waals surface area contributed by atoms with Crippen LogP contribution in [0.2, 0.25) is 0 Å². The van der Waals surface area contributed by atoms with Gasteiger partial charge in [0.1, 0.15) is 6.54 Å². The first-order chi connectivity index (χ1) is 16.0. The number of benzene rings is 2. The number of ether oxygens (including phenoxy) is 2. The van der Waals surface area contributed by atoms with E-state index in [-0.39, 0.29) is 25.0 Å². The van der Waals surface area contributed by atoms with Crippen LogP contribution < -0.4 is 13.8 Å². The third kappa shape index (κ3) is 5.66. The number of nitrogens with zero attached hydrogens (tertiary/aromatic N) is 3. The molecule has 0 atom stereocenters. The van der Waals surface area contributed by atoms with Gasteiger partial charge in [-0.15, -0.1) is 0 Å². The molecule has 0 bridgehead atoms. The first-order valence-electron chi connectivity index (χ1n) is 11.1. The van der Waals surface area contributed by atoms with E-state index in [2.05, 4.69) is 29.2 Å². The highest BCUT2D eigenvalue weighted by molar-refractivity contribution is 7.92. The van der Waals surface area contributed by atoms with E-state index in [9.17, 15) is 13.2 Å². The molecule has 8 nitrogen and oxygen atoms in total. The number of amides is 1. The van der Waals surface area contributed by atoms with Crippen molar-refractivity contribution in [3.8, 4) is 11.5 Å². The summed E-state index contributed by atoms with van der Waals surface area (Å²) in [5.74, 6) is 0.741. The summed E-state index contributed by atoms with van der Waals surface area (Å²) in [4.78, 5) is 17.0. The van der Waals surface area contributed by atoms with Gasteiger partial charge in [-0.25, -0.2) is 8.42 Å². The zero-order valence-corrected chi connectivity index (χ0v) is 19.5. The van der Waals surface area contributed by atoms with Crippen LogP contribution in [0.5, 0.6) is 11.5 Å². The van der Waals surface area contributed by atoms with Crippen molar-refractivity contribution >= 4 is 27.7 Å². The molecule has 9 heteroatoms. The summed E-state index contributed by atoms with van der Waals surface area (Å²) >= 11 is 0. The molecule has 1 saturated heterocycles. The van der Waals surface area contributed by atoms with Crippen LogP contribution in [-0.4, -0.2) is 75.9 Å². The van der Waals surface area contributed by atoms with E-state index in [1.807, 2.05) is 18.2 Å². The average Bonchev–Trinajstić information content (AvgIpc) is 3.31. The Hall–Kier alpha value is -3.04. The standard InChI is InChI=1S/C24H29N3O5S/c1-2-33(29,30)27(21-10-11-22-23(17-21)32-19-31-22)18-24(28)26-15-13-25(14-16-26)12-6-9-20-7-4-3-5-8-20/h3-11,17H,2,12-16,18-19H2,1H3/b9-6+. The number of hydrogen-bond donors (Lipinski definition) is 0. The molecule has 2 aromatic rings. The van der Waals surface area contributed by atoms with E-state index in [0.717, 1.165) is 25.2 Å². The highest BCUT2D eigenvalue weighted by Crippen LogP contribution is 2.36. The van der Waals surface area contributed by atoms with Gasteiger partial charge in [-0.3, -0.25) is 14.0 Å². The number of carbonyl (C=O) groups is 1. The maximum absolute atomic E-state index is 13.0. The SMILES string of the molecule is CCS(=O)(=O)N(CC(=O)N1CCN(C/C=C/c2ccccc2)CC1)c1ccc2c(c1)OCO2. The van der Waals surface area contributed by atoms with Crippen molar-refractivity contribution in [3.05, 3.63) is 60.2 Å². The van der Waals surface area contributed by atoms with E-state index in [4.69, 9.17) is 9.47 Å². The van der Waals surface area contributed by atoms with Crippen LogP contribution in [0.25, 0.3) is 6.08 Å². The van der Waals surface area contributed by atoms with Gasteiger partial charge < -0.3 is 14.4 Å². The lowest BCUT2D eigenvalue weighted by Gasteiger charge is -2.35. The maximum atomic E-state index is 13.0. The second-order valence-corrected chi connectivity index (χ2v) is 10.1. The van der Waals surface area contributed by atoms with Gasteiger partial charge in [0.25, 0.3) is 0 Å². The average molecular weight is 472 g/mol. The van der Waals surface area contributed by atoms with Gasteiger partial charge >= 0.3 is 0 Å². The number of rotatable bonds is 8. The molecule has 2 aromatic carbocycles. The fourth-order valence-corrected chi connectivity index (χ4v) is 4.90. The summed E-state index contributed by atoms with van der Waals surface area (Å²) < 4.78 is 37.4. The molecule has 1 fully saturated rings. The van der Waals surface area contributed by atoms with E-state index in [1.54, 1.807) is 30.0 Å². The molecule has 0 unspecified atom stereocenters. The van der Waals surface area contributed by atoms with Crippen molar-refractivity contribution in [1.29, 1.82) is 0 Å². The van der Waals surface area contributed by atoms with Crippen molar-refractivity contribution in [2.75, 3.05) is 56.1 Å². The Balaban J connectivity index is 1.35. The summed E-state index contributed by atoms with van der Waals surface area (Å²) in [7, 11) is -3.64. The quantitative estimate of drug-likeness (QED) is 0.588. The van der Waals surface area contributed by atoms with E-state index < -0.39 is 10.0 Å². The Morgan fingerprint density at radius 2 is 1.76 bits per heavy atom. The number of anilines is 1. The summed E-state index contributed by atoms with van der Waals surface area (Å²) in [6.45, 7) is 4.88. The highest BCUT2D eigenvalue weighted by Gasteiger charge is 2.29. The second kappa shape index (κ2) is 10.3. The predicted molar refractivity (Wildman–Crippen MR) is 128 cm³/mol. The molecular formula is C24H29N3O5S. The van der Waals surface area contributed by atoms with Crippen molar-refractivity contribution in [2.24, 2.45) is 0 Å². The third-order valence-corrected chi connectivity index (χ3v) is 7.56. The van der Waals surface area contributed by atoms with E-state index >= 15 is 0 Å². The largest absolute Gasteiger partial charge is 0.454 e. The van der Waals surface area contributed by atoms with Crippen LogP contribution in [0.1, 0.15) is 12.5 Å². The monoisotopic (exact) mass is 471 g/mol. The van der Waals surface area contributed by atoms with Crippen molar-refractivity contribution < 1.29 is 22.7 Å². The molecule has 0 saturated carbocycles. The molecule has 4 rings (SSSR count). The zero-order chi connectivity index (χ0) is 23.3. The molecule has 176 valence electrons. The number of sulfonamides is 1. The summed E-state index contributed by atoms with van der Waals surface area (Å²) in [6.07, 6.45) is 4.22. The molecule has 33 heavy (non-hydrogen) atoms. The third-order valence-electron chi connectivity index (χ3n) is 5.82. The smallest absolute Gasteiger partial charge is 0.243 e. The van der Waals surface area contributed by atoms with Gasteiger partial charge in [0, 0.05) is 38.8 Å². The van der Waals surface area contributed by atoms with Gasteiger partial charge in [0.15, 0.2) is 11.5 Å². The Morgan fingerprint density at radius 3 is 2.48 bits per heavy atom. The van der Waals surface area contributed by atoms with Gasteiger partial charge in [0.05, 0.1) is 11.4 Å². The molecule has 2 aliphatic rings. The number of fused-ring (bicyclic) bond motifs is 1. The fraction of sp³-hybridized carbons (Fsp3) is 0.375. The number of piperazine rings is 1. The molecule has 0 aliphatic carbocycles. The first-order valence-corrected chi connectivity index (χ1v) is 12.7. The van der Waals surface area contributed by atoms with Crippen LogP contribution in [0, 0.1) is 0 Å². The zero-order valence-electron chi connectivity index (χ0n) is 18.7. The van der Waals surface area contributed by atoms with Gasteiger partial charge in [0.2, 0.25) is 22.7 Å². The molecule has 0 spiro atoms. The Morgan fingerprint density at radius 1 is 1.03 bits per heavy atom. The molecule has 0 N–H and O–H groups in total. The summed E-state index contributed by atoms with van der Waals surface area (Å²) in [5, 5.41) is 0. The number of hydrogen-bond acceptors (Lipinski definition) is 6. The maximum Gasteiger partial charge on any atom is 0.243 e. The molecule has 1 amide bonds. The number of carbonyl (C=O) groups excluding carboxylic acids is 1. The Bertz CT molecular complexity index is 1100. The highest BCUT2D eigenvalue weighted by atomic mass is 32.2. The fourth-order valence-electron chi connectivity index (χ4n) is 3.85. The molecular weight excluding hydrogens is 442 g/mol. The van der Waals surface area contributed by atoms with Crippen LogP contribution in [-0.2, 0) is 14.8 Å². The molecule has 2 heterocycles. The summed E-state index contributed by atoms with van der Waals surface area (Å²) in [6, 6.07) is 15.1. The minimum Gasteiger partial charge on any atom is -0.454 e. The van der Waals surface area contributed by atoms with Crippen LogP contribution in [0.3, 0.4) is 0 Å². The van der Waals surface area contributed by atoms with Crippen LogP contribution in [0.4, 0.5) is 5.69 Å². The first kappa shape index (κ1) is 23.1. The normalized spacial score (nSPS) is 16.3. The van der Waals surface area contributed by atoms with Crippen molar-refractivity contribution in [3.63, 3.8) is 0 Å². The minimum atomic E-state index is -3.64. The Labute approximate surface area is 195 Å². The van der Waals surface area contributed by atoms with E-state index in [0.29, 0.717) is 30.3 Å². The van der Waals surface area contributed by atoms with E-state index in [1.165, 1.54) is 4.31 Å².